The number of piperidine rings is 1. The van der Waals surface area contributed by atoms with E-state index in [0.29, 0.717) is 11.8 Å². The molecule has 0 spiro atoms. The Kier molecular flexibility index (Phi) is 4.42. The highest BCUT2D eigenvalue weighted by Crippen LogP contribution is 2.61. The summed E-state index contributed by atoms with van der Waals surface area (Å²) in [6.45, 7) is 5.38. The molecule has 0 aromatic carbocycles. The summed E-state index contributed by atoms with van der Waals surface area (Å²) in [6.07, 6.45) is 13.2. The number of likely N-dealkylation sites (tertiary alicyclic amines) is 1. The maximum atomic E-state index is 11.9. The molecule has 3 nitrogen and oxygen atoms in total. The third-order valence-electron chi connectivity index (χ3n) is 7.34. The number of nitrogens with zero attached hydrogens (tertiary/aromatic N) is 1. The minimum absolute atomic E-state index is 0.0459. The number of rotatable bonds is 5. The van der Waals surface area contributed by atoms with Gasteiger partial charge in [-0.3, -0.25) is 4.79 Å². The Labute approximate surface area is 141 Å². The Morgan fingerprint density at radius 3 is 2.17 bits per heavy atom. The monoisotopic (exact) mass is 319 g/mol. The van der Waals surface area contributed by atoms with Crippen LogP contribution in [0.1, 0.15) is 71.1 Å². The van der Waals surface area contributed by atoms with E-state index >= 15 is 0 Å². The molecule has 1 saturated heterocycles. The van der Waals surface area contributed by atoms with Gasteiger partial charge in [-0.25, -0.2) is 0 Å². The Morgan fingerprint density at radius 1 is 1.00 bits per heavy atom. The normalized spacial score (nSPS) is 42.8. The van der Waals surface area contributed by atoms with Gasteiger partial charge in [0.25, 0.3) is 0 Å². The summed E-state index contributed by atoms with van der Waals surface area (Å²) in [5.74, 6) is 3.13. The molecule has 5 rings (SSSR count). The van der Waals surface area contributed by atoms with Crippen LogP contribution in [-0.2, 0) is 9.53 Å². The van der Waals surface area contributed by atoms with E-state index in [1.54, 1.807) is 6.92 Å². The number of esters is 1. The third kappa shape index (κ3) is 3.06. The SMILES string of the molecule is CC(=O)OC1(CCCN2CCCCC2)C2CC3CC(C2)CC1C3. The van der Waals surface area contributed by atoms with Crippen LogP contribution in [0.2, 0.25) is 0 Å². The van der Waals surface area contributed by atoms with Gasteiger partial charge in [-0.15, -0.1) is 0 Å². The minimum Gasteiger partial charge on any atom is -0.459 e. The Balaban J connectivity index is 1.43. The molecule has 130 valence electrons. The van der Waals surface area contributed by atoms with Crippen molar-refractivity contribution in [1.82, 2.24) is 4.90 Å². The summed E-state index contributed by atoms with van der Waals surface area (Å²) in [5, 5.41) is 0. The van der Waals surface area contributed by atoms with Crippen LogP contribution in [0.3, 0.4) is 0 Å². The summed E-state index contributed by atoms with van der Waals surface area (Å²) in [7, 11) is 0. The number of carbonyl (C=O) groups excluding carboxylic acids is 1. The average Bonchev–Trinajstić information content (AvgIpc) is 2.52. The zero-order valence-corrected chi connectivity index (χ0v) is 14.8. The maximum absolute atomic E-state index is 11.9. The first kappa shape index (κ1) is 15.9. The van der Waals surface area contributed by atoms with Crippen LogP contribution in [0.15, 0.2) is 0 Å². The molecular formula is C20H33NO2. The summed E-state index contributed by atoms with van der Waals surface area (Å²) in [4.78, 5) is 14.5. The zero-order chi connectivity index (χ0) is 15.9. The predicted octanol–water partition coefficient (Wildman–Crippen LogP) is 4.01. The quantitative estimate of drug-likeness (QED) is 0.717. The first-order valence-corrected chi connectivity index (χ1v) is 10.1. The van der Waals surface area contributed by atoms with Crippen LogP contribution in [-0.4, -0.2) is 36.1 Å². The molecule has 0 amide bonds. The second-order valence-electron chi connectivity index (χ2n) is 8.86. The first-order valence-electron chi connectivity index (χ1n) is 10.1. The summed E-state index contributed by atoms with van der Waals surface area (Å²) >= 11 is 0. The van der Waals surface area contributed by atoms with Crippen LogP contribution in [0, 0.1) is 23.7 Å². The molecule has 5 fully saturated rings. The van der Waals surface area contributed by atoms with Gasteiger partial charge in [0.1, 0.15) is 5.60 Å². The van der Waals surface area contributed by atoms with E-state index in [2.05, 4.69) is 4.90 Å². The average molecular weight is 319 g/mol. The van der Waals surface area contributed by atoms with Crippen molar-refractivity contribution in [3.8, 4) is 0 Å². The van der Waals surface area contributed by atoms with Gasteiger partial charge in [0.2, 0.25) is 0 Å². The molecule has 0 radical (unpaired) electrons. The lowest BCUT2D eigenvalue weighted by atomic mass is 9.49. The maximum Gasteiger partial charge on any atom is 0.303 e. The minimum atomic E-state index is -0.102. The van der Waals surface area contributed by atoms with Crippen LogP contribution in [0.25, 0.3) is 0 Å². The van der Waals surface area contributed by atoms with E-state index in [-0.39, 0.29) is 11.6 Å². The van der Waals surface area contributed by atoms with Crippen LogP contribution >= 0.6 is 0 Å². The fourth-order valence-corrected chi connectivity index (χ4v) is 6.64. The number of ether oxygens (including phenoxy) is 1. The standard InChI is InChI=1S/C20H33NO2/c1-15(22)23-20(6-5-9-21-7-3-2-4-8-21)18-11-16-10-17(13-18)14-19(20)12-16/h16-19H,2-14H2,1H3. The molecule has 23 heavy (non-hydrogen) atoms. The van der Waals surface area contributed by atoms with Gasteiger partial charge in [0.05, 0.1) is 0 Å². The molecule has 4 saturated carbocycles. The molecule has 4 bridgehead atoms. The number of carbonyl (C=O) groups is 1. The third-order valence-corrected chi connectivity index (χ3v) is 7.34. The topological polar surface area (TPSA) is 29.5 Å². The van der Waals surface area contributed by atoms with E-state index < -0.39 is 0 Å². The second kappa shape index (κ2) is 6.38. The molecule has 0 atom stereocenters. The van der Waals surface area contributed by atoms with Crippen LogP contribution < -0.4 is 0 Å². The van der Waals surface area contributed by atoms with Gasteiger partial charge < -0.3 is 9.64 Å². The molecule has 0 aromatic heterocycles. The lowest BCUT2D eigenvalue weighted by molar-refractivity contribution is -0.210. The molecular weight excluding hydrogens is 286 g/mol. The summed E-state index contributed by atoms with van der Waals surface area (Å²) in [5.41, 5.74) is -0.102. The van der Waals surface area contributed by atoms with Gasteiger partial charge in [-0.2, -0.15) is 0 Å². The molecule has 5 aliphatic rings. The van der Waals surface area contributed by atoms with Crippen LogP contribution in [0.5, 0.6) is 0 Å². The molecule has 3 heteroatoms. The predicted molar refractivity (Wildman–Crippen MR) is 91.1 cm³/mol. The van der Waals surface area contributed by atoms with Crippen molar-refractivity contribution in [2.75, 3.05) is 19.6 Å². The highest BCUT2D eigenvalue weighted by molar-refractivity contribution is 5.66. The first-order chi connectivity index (χ1) is 11.2. The molecule has 1 heterocycles. The smallest absolute Gasteiger partial charge is 0.303 e. The summed E-state index contributed by atoms with van der Waals surface area (Å²) in [6, 6.07) is 0. The van der Waals surface area contributed by atoms with Gasteiger partial charge in [-0.05, 0) is 101 Å². The van der Waals surface area contributed by atoms with Crippen molar-refractivity contribution in [2.45, 2.75) is 76.7 Å². The van der Waals surface area contributed by atoms with Crippen molar-refractivity contribution < 1.29 is 9.53 Å². The largest absolute Gasteiger partial charge is 0.459 e. The second-order valence-corrected chi connectivity index (χ2v) is 8.86. The zero-order valence-electron chi connectivity index (χ0n) is 14.8. The van der Waals surface area contributed by atoms with Crippen molar-refractivity contribution in [2.24, 2.45) is 23.7 Å². The van der Waals surface area contributed by atoms with Crippen molar-refractivity contribution >= 4 is 5.97 Å². The highest BCUT2D eigenvalue weighted by Gasteiger charge is 2.58. The highest BCUT2D eigenvalue weighted by atomic mass is 16.6. The molecule has 1 aliphatic heterocycles. The lowest BCUT2D eigenvalue weighted by Crippen LogP contribution is -2.59. The molecule has 0 aromatic rings. The van der Waals surface area contributed by atoms with E-state index in [1.165, 1.54) is 77.4 Å². The molecule has 4 aliphatic carbocycles. The Bertz CT molecular complexity index is 413. The van der Waals surface area contributed by atoms with Crippen molar-refractivity contribution in [3.63, 3.8) is 0 Å². The van der Waals surface area contributed by atoms with Crippen LogP contribution in [0.4, 0.5) is 0 Å². The van der Waals surface area contributed by atoms with Gasteiger partial charge in [0.15, 0.2) is 0 Å². The number of hydrogen-bond donors (Lipinski definition) is 0. The van der Waals surface area contributed by atoms with Crippen molar-refractivity contribution in [3.05, 3.63) is 0 Å². The Morgan fingerprint density at radius 2 is 1.61 bits per heavy atom. The van der Waals surface area contributed by atoms with Gasteiger partial charge in [-0.1, -0.05) is 6.42 Å². The van der Waals surface area contributed by atoms with Crippen molar-refractivity contribution in [1.29, 1.82) is 0 Å². The fourth-order valence-electron chi connectivity index (χ4n) is 6.64. The molecule has 0 unspecified atom stereocenters. The van der Waals surface area contributed by atoms with E-state index in [9.17, 15) is 4.79 Å². The van der Waals surface area contributed by atoms with Gasteiger partial charge in [0, 0.05) is 6.92 Å². The van der Waals surface area contributed by atoms with E-state index in [1.807, 2.05) is 0 Å². The number of hydrogen-bond acceptors (Lipinski definition) is 3. The molecule has 0 N–H and O–H groups in total. The van der Waals surface area contributed by atoms with E-state index in [0.717, 1.165) is 18.3 Å². The summed E-state index contributed by atoms with van der Waals surface area (Å²) < 4.78 is 6.15. The van der Waals surface area contributed by atoms with Gasteiger partial charge >= 0.3 is 5.97 Å². The van der Waals surface area contributed by atoms with E-state index in [4.69, 9.17) is 4.74 Å². The fraction of sp³-hybridized carbons (Fsp3) is 0.950. The Hall–Kier alpha value is -0.570. The lowest BCUT2D eigenvalue weighted by Gasteiger charge is -2.60.